The number of esters is 2. The fourth-order valence-electron chi connectivity index (χ4n) is 5.13. The van der Waals surface area contributed by atoms with E-state index in [-0.39, 0.29) is 24.2 Å². The molecular weight excluding hydrogens is 504 g/mol. The lowest BCUT2D eigenvalue weighted by atomic mass is 9.83. The highest BCUT2D eigenvalue weighted by atomic mass is 16.8. The van der Waals surface area contributed by atoms with Crippen LogP contribution in [0.25, 0.3) is 6.08 Å². The molecule has 5 N–H and O–H groups in total. The summed E-state index contributed by atoms with van der Waals surface area (Å²) < 4.78 is 27.4. The van der Waals surface area contributed by atoms with Crippen molar-refractivity contribution in [1.29, 1.82) is 0 Å². The summed E-state index contributed by atoms with van der Waals surface area (Å²) in [5.74, 6) is -2.21. The van der Waals surface area contributed by atoms with Gasteiger partial charge in [0.15, 0.2) is 6.29 Å². The summed E-state index contributed by atoms with van der Waals surface area (Å²) in [6.07, 6.45) is -3.33. The van der Waals surface area contributed by atoms with Gasteiger partial charge in [-0.1, -0.05) is 12.1 Å². The third kappa shape index (κ3) is 6.01. The number of carbonyl (C=O) groups excluding carboxylic acids is 2. The largest absolute Gasteiger partial charge is 0.508 e. The molecule has 0 spiro atoms. The number of aliphatic hydroxyl groups is 4. The molecule has 1 aliphatic carbocycles. The number of carbonyl (C=O) groups is 2. The Morgan fingerprint density at radius 1 is 1.05 bits per heavy atom. The van der Waals surface area contributed by atoms with Crippen molar-refractivity contribution in [2.24, 2.45) is 17.8 Å². The first-order valence-electron chi connectivity index (χ1n) is 12.3. The van der Waals surface area contributed by atoms with Gasteiger partial charge in [-0.3, -0.25) is 0 Å². The predicted octanol–water partition coefficient (Wildman–Crippen LogP) is -0.179. The average Bonchev–Trinajstić information content (AvgIpc) is 3.36. The number of hydrogen-bond donors (Lipinski definition) is 5. The zero-order valence-electron chi connectivity index (χ0n) is 20.7. The van der Waals surface area contributed by atoms with Crippen molar-refractivity contribution in [1.82, 2.24) is 0 Å². The molecule has 2 aliphatic heterocycles. The fourth-order valence-corrected chi connectivity index (χ4v) is 5.13. The third-order valence-electron chi connectivity index (χ3n) is 7.18. The fraction of sp³-hybridized carbons (Fsp3) is 0.538. The first-order valence-corrected chi connectivity index (χ1v) is 12.3. The number of phenols is 1. The second-order valence-electron chi connectivity index (χ2n) is 9.48. The van der Waals surface area contributed by atoms with Crippen molar-refractivity contribution in [3.8, 4) is 5.75 Å². The van der Waals surface area contributed by atoms with E-state index in [1.54, 1.807) is 18.2 Å². The minimum absolute atomic E-state index is 0.00767. The van der Waals surface area contributed by atoms with Gasteiger partial charge >= 0.3 is 11.9 Å². The van der Waals surface area contributed by atoms with E-state index in [2.05, 4.69) is 0 Å². The maximum absolute atomic E-state index is 12.4. The molecule has 0 radical (unpaired) electrons. The highest BCUT2D eigenvalue weighted by molar-refractivity contribution is 5.89. The molecule has 1 aromatic carbocycles. The van der Waals surface area contributed by atoms with E-state index in [9.17, 15) is 35.1 Å². The Labute approximate surface area is 218 Å². The van der Waals surface area contributed by atoms with E-state index >= 15 is 0 Å². The highest BCUT2D eigenvalue weighted by Gasteiger charge is 2.52. The van der Waals surface area contributed by atoms with Gasteiger partial charge in [0.1, 0.15) is 30.2 Å². The highest BCUT2D eigenvalue weighted by Crippen LogP contribution is 2.47. The number of fused-ring (bicyclic) bond motifs is 1. The third-order valence-corrected chi connectivity index (χ3v) is 7.18. The number of rotatable bonds is 8. The van der Waals surface area contributed by atoms with Gasteiger partial charge in [-0.05, 0) is 36.6 Å². The average molecular weight is 537 g/mol. The molecule has 1 aromatic rings. The van der Waals surface area contributed by atoms with Crippen molar-refractivity contribution in [2.45, 2.75) is 49.8 Å². The van der Waals surface area contributed by atoms with Crippen LogP contribution < -0.4 is 0 Å². The van der Waals surface area contributed by atoms with Crippen LogP contribution in [0.4, 0.5) is 0 Å². The molecule has 0 aromatic heterocycles. The Morgan fingerprint density at radius 3 is 2.47 bits per heavy atom. The second kappa shape index (κ2) is 12.2. The molecule has 3 aliphatic rings. The SMILES string of the molecule is COC(=O)C1=CO[C@@H](O[C@@H]2O[C@H](CO)[C@@H](O)[C@H](O)[C@H]2O)[C@@H]2[C@@H](COC(=O)/C=C\c3ccc(O)cc3)CC[C@H]12. The molecule has 9 atom stereocenters. The van der Waals surface area contributed by atoms with Crippen LogP contribution in [-0.4, -0.2) is 94.8 Å². The monoisotopic (exact) mass is 536 g/mol. The Hall–Kier alpha value is -3.00. The van der Waals surface area contributed by atoms with Gasteiger partial charge in [-0.15, -0.1) is 0 Å². The zero-order chi connectivity index (χ0) is 27.4. The molecule has 38 heavy (non-hydrogen) atoms. The molecule has 0 unspecified atom stereocenters. The maximum Gasteiger partial charge on any atom is 0.337 e. The van der Waals surface area contributed by atoms with Gasteiger partial charge in [0.2, 0.25) is 6.29 Å². The topological polar surface area (TPSA) is 181 Å². The molecule has 208 valence electrons. The van der Waals surface area contributed by atoms with Crippen LogP contribution in [0.1, 0.15) is 18.4 Å². The van der Waals surface area contributed by atoms with Crippen LogP contribution in [0.5, 0.6) is 5.75 Å². The maximum atomic E-state index is 12.4. The molecule has 2 fully saturated rings. The van der Waals surface area contributed by atoms with Crippen LogP contribution >= 0.6 is 0 Å². The molecule has 12 heteroatoms. The van der Waals surface area contributed by atoms with E-state index in [0.29, 0.717) is 24.0 Å². The normalized spacial score (nSPS) is 34.8. The molecule has 2 heterocycles. The Bertz CT molecular complexity index is 1040. The molecule has 4 rings (SSSR count). The van der Waals surface area contributed by atoms with Gasteiger partial charge in [-0.25, -0.2) is 9.59 Å². The first kappa shape index (κ1) is 28.0. The Kier molecular flexibility index (Phi) is 9.03. The Balaban J connectivity index is 1.46. The van der Waals surface area contributed by atoms with Crippen molar-refractivity contribution >= 4 is 18.0 Å². The quantitative estimate of drug-likeness (QED) is 0.219. The lowest BCUT2D eigenvalue weighted by molar-refractivity contribution is -0.342. The van der Waals surface area contributed by atoms with Crippen molar-refractivity contribution < 1.29 is 58.8 Å². The predicted molar refractivity (Wildman–Crippen MR) is 128 cm³/mol. The summed E-state index contributed by atoms with van der Waals surface area (Å²) in [4.78, 5) is 24.7. The zero-order valence-corrected chi connectivity index (χ0v) is 20.7. The number of hydrogen-bond acceptors (Lipinski definition) is 12. The second-order valence-corrected chi connectivity index (χ2v) is 9.48. The van der Waals surface area contributed by atoms with E-state index in [1.165, 1.54) is 31.6 Å². The van der Waals surface area contributed by atoms with Crippen LogP contribution in [0.3, 0.4) is 0 Å². The number of phenolic OH excluding ortho intramolecular Hbond substituents is 1. The van der Waals surface area contributed by atoms with E-state index in [0.717, 1.165) is 0 Å². The van der Waals surface area contributed by atoms with Crippen LogP contribution in [-0.2, 0) is 33.3 Å². The number of aliphatic hydroxyl groups excluding tert-OH is 4. The van der Waals surface area contributed by atoms with Crippen molar-refractivity contribution in [2.75, 3.05) is 20.3 Å². The van der Waals surface area contributed by atoms with Gasteiger partial charge in [-0.2, -0.15) is 0 Å². The standard InChI is InChI=1S/C26H32O12/c1-34-24(33)17-12-36-25(38-26-23(32)22(31)21(30)18(10-27)37-26)20-14(5-8-16(17)20)11-35-19(29)9-4-13-2-6-15(28)7-3-13/h2-4,6-7,9,12,14,16,18,20-23,25-28,30-32H,5,8,10-11H2,1H3/b9-4-/t14-,16-,18-,20-,21-,22+,23-,25+,26+/m1/s1. The van der Waals surface area contributed by atoms with Gasteiger partial charge in [0, 0.05) is 23.8 Å². The summed E-state index contributed by atoms with van der Waals surface area (Å²) in [5.41, 5.74) is 0.995. The van der Waals surface area contributed by atoms with Crippen LogP contribution in [0.2, 0.25) is 0 Å². The van der Waals surface area contributed by atoms with E-state index in [1.807, 2.05) is 0 Å². The summed E-state index contributed by atoms with van der Waals surface area (Å²) in [6.45, 7) is -0.628. The summed E-state index contributed by atoms with van der Waals surface area (Å²) in [6, 6.07) is 6.27. The lowest BCUT2D eigenvalue weighted by Crippen LogP contribution is -2.60. The molecular formula is C26H32O12. The van der Waals surface area contributed by atoms with Crippen LogP contribution in [0.15, 0.2) is 42.2 Å². The van der Waals surface area contributed by atoms with Gasteiger partial charge < -0.3 is 49.2 Å². The summed E-state index contributed by atoms with van der Waals surface area (Å²) in [7, 11) is 1.25. The minimum atomic E-state index is -1.64. The number of aromatic hydroxyl groups is 1. The van der Waals surface area contributed by atoms with E-state index in [4.69, 9.17) is 23.7 Å². The van der Waals surface area contributed by atoms with Crippen LogP contribution in [0, 0.1) is 17.8 Å². The van der Waals surface area contributed by atoms with Crippen molar-refractivity contribution in [3.63, 3.8) is 0 Å². The molecule has 1 saturated heterocycles. The first-order chi connectivity index (χ1) is 18.2. The van der Waals surface area contributed by atoms with Gasteiger partial charge in [0.05, 0.1) is 32.2 Å². The van der Waals surface area contributed by atoms with Gasteiger partial charge in [0.25, 0.3) is 0 Å². The minimum Gasteiger partial charge on any atom is -0.508 e. The number of benzene rings is 1. The van der Waals surface area contributed by atoms with Crippen molar-refractivity contribution in [3.05, 3.63) is 47.7 Å². The number of ether oxygens (including phenoxy) is 5. The molecule has 1 saturated carbocycles. The lowest BCUT2D eigenvalue weighted by Gasteiger charge is -2.43. The summed E-state index contributed by atoms with van der Waals surface area (Å²) in [5, 5.41) is 49.4. The molecule has 0 bridgehead atoms. The smallest absolute Gasteiger partial charge is 0.337 e. The van der Waals surface area contributed by atoms with E-state index < -0.39 is 61.5 Å². The molecule has 0 amide bonds. The summed E-state index contributed by atoms with van der Waals surface area (Å²) >= 11 is 0. The number of methoxy groups -OCH3 is 1. The molecule has 12 nitrogen and oxygen atoms in total. The Morgan fingerprint density at radius 2 is 1.79 bits per heavy atom.